The molecule has 22 heavy (non-hydrogen) atoms. The van der Waals surface area contributed by atoms with E-state index in [1.54, 1.807) is 0 Å². The first-order valence-electron chi connectivity index (χ1n) is 7.73. The van der Waals surface area contributed by atoms with Gasteiger partial charge in [-0.15, -0.1) is 0 Å². The van der Waals surface area contributed by atoms with E-state index in [2.05, 4.69) is 36.1 Å². The molecule has 1 aromatic heterocycles. The second-order valence-electron chi connectivity index (χ2n) is 5.89. The monoisotopic (exact) mass is 298 g/mol. The molecule has 1 aliphatic heterocycles. The van der Waals surface area contributed by atoms with Crippen LogP contribution in [-0.2, 0) is 0 Å². The first kappa shape index (κ1) is 14.7. The Hall–Kier alpha value is -2.23. The van der Waals surface area contributed by atoms with Crippen LogP contribution in [0.3, 0.4) is 0 Å². The number of amides is 1. The summed E-state index contributed by atoms with van der Waals surface area (Å²) in [6.07, 6.45) is 0. The zero-order valence-electron chi connectivity index (χ0n) is 13.4. The van der Waals surface area contributed by atoms with E-state index in [0.29, 0.717) is 11.3 Å². The number of carbonyl (C=O) groups excluding carboxylic acids is 1. The van der Waals surface area contributed by atoms with Crippen LogP contribution in [0.1, 0.15) is 27.4 Å². The van der Waals surface area contributed by atoms with Gasteiger partial charge in [0, 0.05) is 31.9 Å². The average molecular weight is 298 g/mol. The van der Waals surface area contributed by atoms with E-state index < -0.39 is 0 Å². The molecule has 0 radical (unpaired) electrons. The number of hydrogen-bond acceptors (Lipinski definition) is 3. The number of aryl methyl sites for hydroxylation is 3. The highest BCUT2D eigenvalue weighted by Crippen LogP contribution is 2.22. The molecule has 1 aliphatic rings. The molecular weight excluding hydrogens is 276 g/mol. The molecule has 0 bridgehead atoms. The highest BCUT2D eigenvalue weighted by molar-refractivity contribution is 5.95. The summed E-state index contributed by atoms with van der Waals surface area (Å²) in [6, 6.07) is 10.2. The first-order chi connectivity index (χ1) is 10.6. The van der Waals surface area contributed by atoms with Gasteiger partial charge in [0.1, 0.15) is 11.5 Å². The van der Waals surface area contributed by atoms with Gasteiger partial charge >= 0.3 is 0 Å². The zero-order valence-corrected chi connectivity index (χ0v) is 13.4. The number of furan rings is 1. The fourth-order valence-corrected chi connectivity index (χ4v) is 3.08. The van der Waals surface area contributed by atoms with Crippen molar-refractivity contribution in [2.24, 2.45) is 0 Å². The molecule has 4 nitrogen and oxygen atoms in total. The third-order valence-electron chi connectivity index (χ3n) is 4.29. The number of benzene rings is 1. The molecule has 0 saturated carbocycles. The van der Waals surface area contributed by atoms with Crippen molar-refractivity contribution in [2.75, 3.05) is 31.1 Å². The van der Waals surface area contributed by atoms with Crippen LogP contribution in [0.4, 0.5) is 5.69 Å². The maximum Gasteiger partial charge on any atom is 0.257 e. The molecule has 0 N–H and O–H groups in total. The number of para-hydroxylation sites is 1. The van der Waals surface area contributed by atoms with Gasteiger partial charge in [-0.2, -0.15) is 0 Å². The van der Waals surface area contributed by atoms with Crippen molar-refractivity contribution in [3.63, 3.8) is 0 Å². The second kappa shape index (κ2) is 5.87. The van der Waals surface area contributed by atoms with Crippen molar-refractivity contribution in [3.8, 4) is 0 Å². The number of carbonyl (C=O) groups is 1. The van der Waals surface area contributed by atoms with Crippen LogP contribution >= 0.6 is 0 Å². The van der Waals surface area contributed by atoms with E-state index in [4.69, 9.17) is 4.42 Å². The molecule has 0 aliphatic carbocycles. The van der Waals surface area contributed by atoms with Gasteiger partial charge in [-0.25, -0.2) is 0 Å². The van der Waals surface area contributed by atoms with Crippen molar-refractivity contribution in [1.29, 1.82) is 0 Å². The van der Waals surface area contributed by atoms with Crippen LogP contribution in [0.2, 0.25) is 0 Å². The summed E-state index contributed by atoms with van der Waals surface area (Å²) in [4.78, 5) is 16.9. The molecule has 4 heteroatoms. The third-order valence-corrected chi connectivity index (χ3v) is 4.29. The van der Waals surface area contributed by atoms with Crippen molar-refractivity contribution >= 4 is 11.6 Å². The molecule has 0 spiro atoms. The molecule has 1 fully saturated rings. The molecule has 0 unspecified atom stereocenters. The van der Waals surface area contributed by atoms with Crippen LogP contribution in [0, 0.1) is 20.8 Å². The topological polar surface area (TPSA) is 36.7 Å². The van der Waals surface area contributed by atoms with E-state index in [9.17, 15) is 4.79 Å². The lowest BCUT2D eigenvalue weighted by Gasteiger charge is -2.36. The van der Waals surface area contributed by atoms with Crippen molar-refractivity contribution in [2.45, 2.75) is 20.8 Å². The second-order valence-corrected chi connectivity index (χ2v) is 5.89. The van der Waals surface area contributed by atoms with E-state index in [0.717, 1.165) is 31.9 Å². The number of hydrogen-bond donors (Lipinski definition) is 0. The summed E-state index contributed by atoms with van der Waals surface area (Å²) in [5, 5.41) is 0. The van der Waals surface area contributed by atoms with Gasteiger partial charge < -0.3 is 14.2 Å². The smallest absolute Gasteiger partial charge is 0.257 e. The van der Waals surface area contributed by atoms with Gasteiger partial charge in [0.2, 0.25) is 0 Å². The zero-order chi connectivity index (χ0) is 15.7. The number of nitrogens with zero attached hydrogens (tertiary/aromatic N) is 2. The minimum Gasteiger partial charge on any atom is -0.466 e. The lowest BCUT2D eigenvalue weighted by atomic mass is 10.1. The van der Waals surface area contributed by atoms with Crippen LogP contribution in [0.15, 0.2) is 34.7 Å². The standard InChI is InChI=1S/C18H22N2O2/c1-13-6-4-5-7-17(13)19-8-10-20(11-9-19)18(21)16-12-14(2)22-15(16)3/h4-7,12H,8-11H2,1-3H3. The Morgan fingerprint density at radius 2 is 1.73 bits per heavy atom. The first-order valence-corrected chi connectivity index (χ1v) is 7.73. The Bertz CT molecular complexity index is 682. The molecule has 116 valence electrons. The highest BCUT2D eigenvalue weighted by atomic mass is 16.3. The summed E-state index contributed by atoms with van der Waals surface area (Å²) < 4.78 is 5.47. The van der Waals surface area contributed by atoms with Crippen molar-refractivity contribution < 1.29 is 9.21 Å². The lowest BCUT2D eigenvalue weighted by molar-refractivity contribution is 0.0745. The largest absolute Gasteiger partial charge is 0.466 e. The Labute approximate surface area is 131 Å². The Morgan fingerprint density at radius 3 is 2.32 bits per heavy atom. The molecule has 1 amide bonds. The van der Waals surface area contributed by atoms with E-state index in [1.807, 2.05) is 24.8 Å². The van der Waals surface area contributed by atoms with Gasteiger partial charge in [0.05, 0.1) is 5.56 Å². The minimum absolute atomic E-state index is 0.0822. The summed E-state index contributed by atoms with van der Waals surface area (Å²) in [5.41, 5.74) is 3.25. The van der Waals surface area contributed by atoms with Gasteiger partial charge in [-0.3, -0.25) is 4.79 Å². The maximum atomic E-state index is 12.6. The number of anilines is 1. The van der Waals surface area contributed by atoms with Crippen LogP contribution in [0.25, 0.3) is 0 Å². The van der Waals surface area contributed by atoms with Crippen LogP contribution in [-0.4, -0.2) is 37.0 Å². The van der Waals surface area contributed by atoms with E-state index in [-0.39, 0.29) is 5.91 Å². The quantitative estimate of drug-likeness (QED) is 0.854. The predicted molar refractivity (Wildman–Crippen MR) is 87.5 cm³/mol. The average Bonchev–Trinajstić information content (AvgIpc) is 2.86. The Balaban J connectivity index is 1.68. The van der Waals surface area contributed by atoms with E-state index >= 15 is 0 Å². The minimum atomic E-state index is 0.0822. The Morgan fingerprint density at radius 1 is 1.05 bits per heavy atom. The van der Waals surface area contributed by atoms with Gasteiger partial charge in [0.25, 0.3) is 5.91 Å². The van der Waals surface area contributed by atoms with E-state index in [1.165, 1.54) is 11.3 Å². The summed E-state index contributed by atoms with van der Waals surface area (Å²) >= 11 is 0. The normalized spacial score (nSPS) is 15.2. The summed E-state index contributed by atoms with van der Waals surface area (Å²) in [6.45, 7) is 9.08. The number of rotatable bonds is 2. The molecule has 0 atom stereocenters. The van der Waals surface area contributed by atoms with Crippen molar-refractivity contribution in [1.82, 2.24) is 4.90 Å². The molecule has 2 heterocycles. The van der Waals surface area contributed by atoms with Crippen molar-refractivity contribution in [3.05, 3.63) is 53.0 Å². The van der Waals surface area contributed by atoms with Gasteiger partial charge in [-0.05, 0) is 38.5 Å². The predicted octanol–water partition coefficient (Wildman–Crippen LogP) is 3.17. The fraction of sp³-hybridized carbons (Fsp3) is 0.389. The van der Waals surface area contributed by atoms with Crippen LogP contribution in [0.5, 0.6) is 0 Å². The third kappa shape index (κ3) is 2.73. The number of piperazine rings is 1. The lowest BCUT2D eigenvalue weighted by Crippen LogP contribution is -2.49. The summed E-state index contributed by atoms with van der Waals surface area (Å²) in [7, 11) is 0. The fourth-order valence-electron chi connectivity index (χ4n) is 3.08. The van der Waals surface area contributed by atoms with Gasteiger partial charge in [-0.1, -0.05) is 18.2 Å². The maximum absolute atomic E-state index is 12.6. The molecule has 1 aromatic carbocycles. The molecule has 3 rings (SSSR count). The SMILES string of the molecule is Cc1cc(C(=O)N2CCN(c3ccccc3C)CC2)c(C)o1. The molecule has 1 saturated heterocycles. The van der Waals surface area contributed by atoms with Crippen LogP contribution < -0.4 is 4.90 Å². The highest BCUT2D eigenvalue weighted by Gasteiger charge is 2.25. The van der Waals surface area contributed by atoms with Gasteiger partial charge in [0.15, 0.2) is 0 Å². The summed E-state index contributed by atoms with van der Waals surface area (Å²) in [5.74, 6) is 1.59. The Kier molecular flexibility index (Phi) is 3.92. The molecule has 2 aromatic rings. The molecular formula is C18H22N2O2.